The summed E-state index contributed by atoms with van der Waals surface area (Å²) in [6.45, 7) is 3.88. The monoisotopic (exact) mass is 323 g/mol. The molecule has 1 aromatic rings. The second-order valence-electron chi connectivity index (χ2n) is 5.24. The molecule has 2 rings (SSSR count). The molecule has 120 valence electrons. The number of rotatable bonds is 5. The summed E-state index contributed by atoms with van der Waals surface area (Å²) in [5, 5.41) is 0. The van der Waals surface area contributed by atoms with E-state index in [0.717, 1.165) is 37.3 Å². The van der Waals surface area contributed by atoms with Gasteiger partial charge in [-0.1, -0.05) is 12.1 Å². The summed E-state index contributed by atoms with van der Waals surface area (Å²) in [5.41, 5.74) is 7.58. The number of para-hydroxylation sites is 2. The molecule has 0 saturated carbocycles. The van der Waals surface area contributed by atoms with Crippen LogP contribution in [0.25, 0.3) is 0 Å². The van der Waals surface area contributed by atoms with Crippen LogP contribution in [0.2, 0.25) is 0 Å². The fourth-order valence-electron chi connectivity index (χ4n) is 2.63. The number of halogens is 1. The number of ether oxygens (including phenoxy) is 1. The first-order chi connectivity index (χ1) is 10.7. The van der Waals surface area contributed by atoms with Gasteiger partial charge < -0.3 is 15.4 Å². The van der Waals surface area contributed by atoms with Gasteiger partial charge in [-0.05, 0) is 31.9 Å². The fraction of sp³-hybridized carbons (Fsp3) is 0.500. The number of amidine groups is 1. The molecule has 0 aliphatic carbocycles. The van der Waals surface area contributed by atoms with Crippen molar-refractivity contribution in [2.75, 3.05) is 30.5 Å². The third-order valence-electron chi connectivity index (χ3n) is 3.74. The van der Waals surface area contributed by atoms with Gasteiger partial charge in [0.15, 0.2) is 0 Å². The Morgan fingerprint density at radius 2 is 2.09 bits per heavy atom. The van der Waals surface area contributed by atoms with Crippen molar-refractivity contribution in [2.45, 2.75) is 19.8 Å². The molecule has 0 spiro atoms. The highest BCUT2D eigenvalue weighted by molar-refractivity contribution is 6.28. The molecule has 0 atom stereocenters. The van der Waals surface area contributed by atoms with Crippen LogP contribution in [0.4, 0.5) is 11.4 Å². The van der Waals surface area contributed by atoms with Crippen molar-refractivity contribution in [2.24, 2.45) is 16.6 Å². The lowest BCUT2D eigenvalue weighted by Crippen LogP contribution is -2.37. The third-order valence-corrected chi connectivity index (χ3v) is 4.01. The van der Waals surface area contributed by atoms with E-state index in [2.05, 4.69) is 9.89 Å². The van der Waals surface area contributed by atoms with Crippen molar-refractivity contribution < 1.29 is 9.53 Å². The molecule has 6 heteroatoms. The van der Waals surface area contributed by atoms with Crippen LogP contribution >= 0.6 is 11.6 Å². The van der Waals surface area contributed by atoms with E-state index in [-0.39, 0.29) is 17.8 Å². The maximum absolute atomic E-state index is 11.8. The highest BCUT2D eigenvalue weighted by atomic mass is 35.5. The van der Waals surface area contributed by atoms with E-state index in [1.807, 2.05) is 31.2 Å². The normalized spacial score (nSPS) is 16.6. The average Bonchev–Trinajstić information content (AvgIpc) is 2.55. The summed E-state index contributed by atoms with van der Waals surface area (Å²) in [4.78, 5) is 18.4. The molecule has 5 nitrogen and oxygen atoms in total. The molecule has 1 saturated heterocycles. The number of piperidine rings is 1. The molecule has 0 radical (unpaired) electrons. The van der Waals surface area contributed by atoms with Gasteiger partial charge in [-0.2, -0.15) is 0 Å². The third kappa shape index (κ3) is 4.13. The van der Waals surface area contributed by atoms with Crippen molar-refractivity contribution in [1.82, 2.24) is 0 Å². The van der Waals surface area contributed by atoms with Crippen LogP contribution in [0.15, 0.2) is 29.3 Å². The van der Waals surface area contributed by atoms with Crippen molar-refractivity contribution in [3.05, 3.63) is 24.3 Å². The molecule has 1 fully saturated rings. The predicted molar refractivity (Wildman–Crippen MR) is 90.0 cm³/mol. The van der Waals surface area contributed by atoms with E-state index < -0.39 is 0 Å². The largest absolute Gasteiger partial charge is 0.466 e. The molecular weight excluding hydrogens is 302 g/mol. The van der Waals surface area contributed by atoms with E-state index in [1.165, 1.54) is 0 Å². The number of carbonyl (C=O) groups excluding carboxylic acids is 1. The Labute approximate surface area is 136 Å². The van der Waals surface area contributed by atoms with Crippen LogP contribution in [0.1, 0.15) is 19.8 Å². The Kier molecular flexibility index (Phi) is 6.07. The maximum atomic E-state index is 11.8. The van der Waals surface area contributed by atoms with E-state index in [4.69, 9.17) is 22.1 Å². The van der Waals surface area contributed by atoms with Gasteiger partial charge in [-0.3, -0.25) is 4.79 Å². The molecule has 1 heterocycles. The molecule has 0 bridgehead atoms. The number of nitrogens with zero attached hydrogens (tertiary/aromatic N) is 2. The zero-order valence-electron chi connectivity index (χ0n) is 12.8. The van der Waals surface area contributed by atoms with Crippen LogP contribution in [-0.2, 0) is 9.53 Å². The predicted octanol–water partition coefficient (Wildman–Crippen LogP) is 2.69. The fourth-order valence-corrected chi connectivity index (χ4v) is 2.69. The molecule has 2 N–H and O–H groups in total. The van der Waals surface area contributed by atoms with Crippen LogP contribution < -0.4 is 10.6 Å². The van der Waals surface area contributed by atoms with Crippen molar-refractivity contribution in [3.8, 4) is 0 Å². The van der Waals surface area contributed by atoms with Crippen LogP contribution in [0.5, 0.6) is 0 Å². The van der Waals surface area contributed by atoms with Gasteiger partial charge >= 0.3 is 5.97 Å². The summed E-state index contributed by atoms with van der Waals surface area (Å²) in [6, 6.07) is 7.84. The van der Waals surface area contributed by atoms with Crippen LogP contribution in [0, 0.1) is 5.92 Å². The van der Waals surface area contributed by atoms with Crippen molar-refractivity contribution in [3.63, 3.8) is 0 Å². The van der Waals surface area contributed by atoms with Gasteiger partial charge in [-0.15, -0.1) is 11.6 Å². The average molecular weight is 324 g/mol. The second-order valence-corrected chi connectivity index (χ2v) is 5.51. The Balaban J connectivity index is 2.07. The molecule has 22 heavy (non-hydrogen) atoms. The Bertz CT molecular complexity index is 540. The minimum atomic E-state index is -0.0835. The van der Waals surface area contributed by atoms with Gasteiger partial charge in [0.2, 0.25) is 0 Å². The van der Waals surface area contributed by atoms with Gasteiger partial charge in [0.1, 0.15) is 5.84 Å². The quantitative estimate of drug-likeness (QED) is 0.391. The number of anilines is 1. The topological polar surface area (TPSA) is 67.9 Å². The first-order valence-electron chi connectivity index (χ1n) is 7.55. The Hall–Kier alpha value is -1.75. The molecule has 0 amide bonds. The summed E-state index contributed by atoms with van der Waals surface area (Å²) < 4.78 is 5.10. The van der Waals surface area contributed by atoms with E-state index in [0.29, 0.717) is 12.4 Å². The molecular formula is C16H22ClN3O2. The first kappa shape index (κ1) is 16.6. The Morgan fingerprint density at radius 1 is 1.41 bits per heavy atom. The SMILES string of the molecule is CCOC(=O)C1CCN(c2ccccc2N=C(N)CCl)CC1. The number of nitrogens with two attached hydrogens (primary N) is 1. The number of carbonyl (C=O) groups is 1. The van der Waals surface area contributed by atoms with Gasteiger partial charge in [0, 0.05) is 13.1 Å². The molecule has 1 aromatic carbocycles. The zero-order valence-corrected chi connectivity index (χ0v) is 13.6. The summed E-state index contributed by atoms with van der Waals surface area (Å²) in [6.07, 6.45) is 1.59. The highest BCUT2D eigenvalue weighted by Gasteiger charge is 2.26. The summed E-state index contributed by atoms with van der Waals surface area (Å²) in [5.74, 6) is 0.523. The lowest BCUT2D eigenvalue weighted by Gasteiger charge is -2.33. The minimum absolute atomic E-state index is 0.000209. The van der Waals surface area contributed by atoms with Crippen LogP contribution in [-0.4, -0.2) is 37.4 Å². The minimum Gasteiger partial charge on any atom is -0.466 e. The van der Waals surface area contributed by atoms with Crippen molar-refractivity contribution in [1.29, 1.82) is 0 Å². The highest BCUT2D eigenvalue weighted by Crippen LogP contribution is 2.32. The number of hydrogen-bond donors (Lipinski definition) is 1. The Morgan fingerprint density at radius 3 is 2.73 bits per heavy atom. The smallest absolute Gasteiger partial charge is 0.309 e. The van der Waals surface area contributed by atoms with Crippen LogP contribution in [0.3, 0.4) is 0 Å². The van der Waals surface area contributed by atoms with Crippen molar-refractivity contribution >= 4 is 34.8 Å². The number of benzene rings is 1. The number of aliphatic imine (C=N–C) groups is 1. The number of esters is 1. The number of alkyl halides is 1. The van der Waals surface area contributed by atoms with E-state index in [9.17, 15) is 4.79 Å². The number of hydrogen-bond acceptors (Lipinski definition) is 4. The van der Waals surface area contributed by atoms with Gasteiger partial charge in [-0.25, -0.2) is 4.99 Å². The first-order valence-corrected chi connectivity index (χ1v) is 8.08. The standard InChI is InChI=1S/C16H22ClN3O2/c1-2-22-16(21)12-7-9-20(10-8-12)14-6-4-3-5-13(14)19-15(18)11-17/h3-6,12H,2,7-11H2,1H3,(H2,18,19). The second kappa shape index (κ2) is 8.03. The van der Waals surface area contributed by atoms with E-state index >= 15 is 0 Å². The molecule has 1 aliphatic heterocycles. The lowest BCUT2D eigenvalue weighted by molar-refractivity contribution is -0.148. The van der Waals surface area contributed by atoms with Gasteiger partial charge in [0.05, 0.1) is 29.8 Å². The van der Waals surface area contributed by atoms with E-state index in [1.54, 1.807) is 0 Å². The molecule has 1 aliphatic rings. The summed E-state index contributed by atoms with van der Waals surface area (Å²) >= 11 is 5.70. The maximum Gasteiger partial charge on any atom is 0.309 e. The molecule has 0 aromatic heterocycles. The lowest BCUT2D eigenvalue weighted by atomic mass is 9.96. The molecule has 0 unspecified atom stereocenters. The summed E-state index contributed by atoms with van der Waals surface area (Å²) in [7, 11) is 0. The van der Waals surface area contributed by atoms with Gasteiger partial charge in [0.25, 0.3) is 0 Å². The zero-order chi connectivity index (χ0) is 15.9.